The summed E-state index contributed by atoms with van der Waals surface area (Å²) >= 11 is 0. The lowest BCUT2D eigenvalue weighted by atomic mass is 10.1. The summed E-state index contributed by atoms with van der Waals surface area (Å²) in [6.45, 7) is 0.182. The van der Waals surface area contributed by atoms with Gasteiger partial charge in [-0.25, -0.2) is 4.79 Å². The van der Waals surface area contributed by atoms with Crippen LogP contribution in [0.2, 0.25) is 0 Å². The molecule has 4 rings (SSSR count). The van der Waals surface area contributed by atoms with Gasteiger partial charge in [0, 0.05) is 29.6 Å². The number of fused-ring (bicyclic) bond motifs is 1. The third-order valence-electron chi connectivity index (χ3n) is 5.84. The van der Waals surface area contributed by atoms with Crippen LogP contribution < -0.4 is 21.5 Å². The molecule has 0 saturated heterocycles. The first-order valence-electron chi connectivity index (χ1n) is 11.5. The van der Waals surface area contributed by atoms with Crippen molar-refractivity contribution in [2.45, 2.75) is 19.3 Å². The lowest BCUT2D eigenvalue weighted by Gasteiger charge is -2.13. The topological polar surface area (TPSA) is 160 Å². The predicted octanol–water partition coefficient (Wildman–Crippen LogP) is 3.66. The minimum absolute atomic E-state index is 0.0806. The van der Waals surface area contributed by atoms with E-state index in [0.717, 1.165) is 0 Å². The largest absolute Gasteiger partial charge is 0.491 e. The molecule has 4 aromatic rings. The standard InChI is InChI=1S/C27H23F3N6O3/c28-27(29,30)26(38)39-22-9-3-8-20-19(22)12-21(36(20)14-16-5-2-7-18(11-16)24(33)34)25(37)35-13-15-4-1-6-17(10-15)23(31)32/h1-12H,13-14H2,(H3,31,32)(H3,33,34)(H,35,37). The molecule has 0 unspecified atom stereocenters. The molecule has 0 aliphatic heterocycles. The van der Waals surface area contributed by atoms with Gasteiger partial charge in [-0.05, 0) is 41.5 Å². The molecule has 0 bridgehead atoms. The van der Waals surface area contributed by atoms with Crippen LogP contribution in [0.5, 0.6) is 5.75 Å². The van der Waals surface area contributed by atoms with Crippen LogP contribution in [0.15, 0.2) is 72.8 Å². The Morgan fingerprint density at radius 2 is 1.46 bits per heavy atom. The summed E-state index contributed by atoms with van der Waals surface area (Å²) in [5, 5.41) is 18.2. The van der Waals surface area contributed by atoms with Crippen molar-refractivity contribution in [3.63, 3.8) is 0 Å². The number of hydrogen-bond donors (Lipinski definition) is 5. The first kappa shape index (κ1) is 26.9. The van der Waals surface area contributed by atoms with Crippen LogP contribution >= 0.6 is 0 Å². The first-order valence-corrected chi connectivity index (χ1v) is 11.5. The highest BCUT2D eigenvalue weighted by molar-refractivity contribution is 6.01. The maximum atomic E-state index is 13.3. The van der Waals surface area contributed by atoms with Crippen molar-refractivity contribution in [1.82, 2.24) is 9.88 Å². The molecule has 0 atom stereocenters. The van der Waals surface area contributed by atoms with Gasteiger partial charge in [-0.3, -0.25) is 15.6 Å². The highest BCUT2D eigenvalue weighted by atomic mass is 19.4. The van der Waals surface area contributed by atoms with Crippen LogP contribution in [0, 0.1) is 10.8 Å². The maximum absolute atomic E-state index is 13.3. The van der Waals surface area contributed by atoms with Crippen molar-refractivity contribution in [3.8, 4) is 5.75 Å². The smallest absolute Gasteiger partial charge is 0.419 e. The molecule has 0 radical (unpaired) electrons. The monoisotopic (exact) mass is 536 g/mol. The van der Waals surface area contributed by atoms with Crippen molar-refractivity contribution in [3.05, 3.63) is 101 Å². The van der Waals surface area contributed by atoms with E-state index in [1.54, 1.807) is 59.2 Å². The number of nitrogens with two attached hydrogens (primary N) is 2. The number of benzene rings is 3. The second kappa shape index (κ2) is 10.7. The average molecular weight is 537 g/mol. The molecule has 0 aliphatic carbocycles. The van der Waals surface area contributed by atoms with E-state index < -0.39 is 18.1 Å². The minimum Gasteiger partial charge on any atom is -0.419 e. The number of aromatic nitrogens is 1. The lowest BCUT2D eigenvalue weighted by Crippen LogP contribution is -2.28. The van der Waals surface area contributed by atoms with Crippen LogP contribution in [-0.4, -0.2) is 34.3 Å². The third kappa shape index (κ3) is 6.06. The molecule has 0 aliphatic rings. The summed E-state index contributed by atoms with van der Waals surface area (Å²) < 4.78 is 44.8. The number of esters is 1. The second-order valence-corrected chi connectivity index (χ2v) is 8.60. The lowest BCUT2D eigenvalue weighted by molar-refractivity contribution is -0.189. The van der Waals surface area contributed by atoms with E-state index in [-0.39, 0.29) is 41.6 Å². The quantitative estimate of drug-likeness (QED) is 0.100. The number of alkyl halides is 3. The Morgan fingerprint density at radius 1 is 0.872 bits per heavy atom. The van der Waals surface area contributed by atoms with Crippen LogP contribution in [0.4, 0.5) is 13.2 Å². The Morgan fingerprint density at radius 3 is 2.08 bits per heavy atom. The first-order chi connectivity index (χ1) is 18.4. The van der Waals surface area contributed by atoms with Gasteiger partial charge in [0.25, 0.3) is 5.91 Å². The Hall–Kier alpha value is -5.13. The molecule has 0 fully saturated rings. The summed E-state index contributed by atoms with van der Waals surface area (Å²) in [7, 11) is 0. The van der Waals surface area contributed by atoms with Gasteiger partial charge in [0.05, 0.1) is 5.52 Å². The van der Waals surface area contributed by atoms with Gasteiger partial charge in [0.15, 0.2) is 0 Å². The summed E-state index contributed by atoms with van der Waals surface area (Å²) in [4.78, 5) is 24.9. The molecular weight excluding hydrogens is 513 g/mol. The van der Waals surface area contributed by atoms with E-state index in [2.05, 4.69) is 10.1 Å². The number of ether oxygens (including phenoxy) is 1. The molecule has 7 N–H and O–H groups in total. The van der Waals surface area contributed by atoms with Gasteiger partial charge < -0.3 is 26.1 Å². The molecular formula is C27H23F3N6O3. The number of amides is 1. The molecule has 0 saturated carbocycles. The molecule has 0 spiro atoms. The Balaban J connectivity index is 1.74. The van der Waals surface area contributed by atoms with E-state index >= 15 is 0 Å². The molecule has 1 aromatic heterocycles. The third-order valence-corrected chi connectivity index (χ3v) is 5.84. The van der Waals surface area contributed by atoms with E-state index in [1.807, 2.05) is 0 Å². The van der Waals surface area contributed by atoms with Crippen molar-refractivity contribution >= 4 is 34.5 Å². The number of nitrogen functional groups attached to an aromatic ring is 2. The number of hydrogen-bond acceptors (Lipinski definition) is 5. The summed E-state index contributed by atoms with van der Waals surface area (Å²) in [5.41, 5.74) is 13.9. The molecule has 9 nitrogen and oxygen atoms in total. The fourth-order valence-electron chi connectivity index (χ4n) is 4.00. The number of nitrogens with zero attached hydrogens (tertiary/aromatic N) is 1. The van der Waals surface area contributed by atoms with E-state index in [9.17, 15) is 22.8 Å². The molecule has 1 heterocycles. The molecule has 200 valence electrons. The SMILES string of the molecule is N=C(N)c1cccc(CNC(=O)c2cc3c(OC(=O)C(F)(F)F)cccc3n2Cc2cccc(C(=N)N)c2)c1. The van der Waals surface area contributed by atoms with E-state index in [4.69, 9.17) is 22.3 Å². The van der Waals surface area contributed by atoms with Crippen LogP contribution in [0.25, 0.3) is 10.9 Å². The van der Waals surface area contributed by atoms with Crippen molar-refractivity contribution < 1.29 is 27.5 Å². The van der Waals surface area contributed by atoms with Gasteiger partial charge in [-0.15, -0.1) is 0 Å². The predicted molar refractivity (Wildman–Crippen MR) is 139 cm³/mol. The minimum atomic E-state index is -5.20. The average Bonchev–Trinajstić information content (AvgIpc) is 3.26. The molecule has 39 heavy (non-hydrogen) atoms. The number of nitrogens with one attached hydrogen (secondary N) is 3. The fraction of sp³-hybridized carbons (Fsp3) is 0.111. The zero-order chi connectivity index (χ0) is 28.3. The second-order valence-electron chi connectivity index (χ2n) is 8.60. The zero-order valence-corrected chi connectivity index (χ0v) is 20.3. The van der Waals surface area contributed by atoms with Crippen LogP contribution in [-0.2, 0) is 17.9 Å². The highest BCUT2D eigenvalue weighted by Crippen LogP contribution is 2.31. The Labute approximate surface area is 220 Å². The summed E-state index contributed by atoms with van der Waals surface area (Å²) in [6.07, 6.45) is -5.20. The zero-order valence-electron chi connectivity index (χ0n) is 20.3. The number of carbonyl (C=O) groups is 2. The highest BCUT2D eigenvalue weighted by Gasteiger charge is 2.41. The van der Waals surface area contributed by atoms with Crippen molar-refractivity contribution in [2.75, 3.05) is 0 Å². The Bertz CT molecular complexity index is 1610. The normalized spacial score (nSPS) is 11.3. The maximum Gasteiger partial charge on any atom is 0.491 e. The number of amidine groups is 2. The Kier molecular flexibility index (Phi) is 7.38. The molecule has 3 aromatic carbocycles. The van der Waals surface area contributed by atoms with Crippen molar-refractivity contribution in [1.29, 1.82) is 10.8 Å². The van der Waals surface area contributed by atoms with Gasteiger partial charge in [0.1, 0.15) is 23.1 Å². The van der Waals surface area contributed by atoms with E-state index in [1.165, 1.54) is 18.2 Å². The summed E-state index contributed by atoms with van der Waals surface area (Å²) in [6, 6.07) is 19.1. The van der Waals surface area contributed by atoms with Crippen LogP contribution in [0.1, 0.15) is 32.7 Å². The molecule has 12 heteroatoms. The van der Waals surface area contributed by atoms with Crippen LogP contribution in [0.3, 0.4) is 0 Å². The molecule has 1 amide bonds. The number of carbonyl (C=O) groups excluding carboxylic acids is 2. The number of rotatable bonds is 8. The summed E-state index contributed by atoms with van der Waals surface area (Å²) in [5.74, 6) is -3.56. The van der Waals surface area contributed by atoms with E-state index in [0.29, 0.717) is 27.8 Å². The van der Waals surface area contributed by atoms with Gasteiger partial charge in [-0.2, -0.15) is 13.2 Å². The van der Waals surface area contributed by atoms with Gasteiger partial charge in [0.2, 0.25) is 0 Å². The van der Waals surface area contributed by atoms with Gasteiger partial charge >= 0.3 is 12.1 Å². The fourth-order valence-corrected chi connectivity index (χ4v) is 4.00. The van der Waals surface area contributed by atoms with Gasteiger partial charge in [-0.1, -0.05) is 42.5 Å². The van der Waals surface area contributed by atoms with Crippen molar-refractivity contribution in [2.24, 2.45) is 11.5 Å². The number of halogens is 3.